The number of fused-ring (bicyclic) bond motifs is 1. The summed E-state index contributed by atoms with van der Waals surface area (Å²) < 4.78 is 15.8. The summed E-state index contributed by atoms with van der Waals surface area (Å²) in [6, 6.07) is 12.1. The van der Waals surface area contributed by atoms with E-state index in [9.17, 15) is 9.59 Å². The molecule has 134 valence electrons. The summed E-state index contributed by atoms with van der Waals surface area (Å²) >= 11 is 0. The molecule has 0 saturated heterocycles. The molecule has 0 aliphatic carbocycles. The molecule has 0 fully saturated rings. The molecule has 1 heterocycles. The molecule has 2 aromatic carbocycles. The lowest BCUT2D eigenvalue weighted by atomic mass is 10.1. The number of amides is 2. The highest BCUT2D eigenvalue weighted by molar-refractivity contribution is 5.95. The molecule has 0 bridgehead atoms. The van der Waals surface area contributed by atoms with Crippen LogP contribution in [0.2, 0.25) is 0 Å². The average Bonchev–Trinajstić information content (AvgIpc) is 3.03. The summed E-state index contributed by atoms with van der Waals surface area (Å²) in [5, 5.41) is 3.68. The second-order valence-corrected chi connectivity index (χ2v) is 5.63. The molecule has 7 nitrogen and oxygen atoms in total. The van der Waals surface area contributed by atoms with E-state index < -0.39 is 5.91 Å². The predicted octanol–water partition coefficient (Wildman–Crippen LogP) is 2.49. The third-order valence-corrected chi connectivity index (χ3v) is 3.73. The van der Waals surface area contributed by atoms with Crippen LogP contribution in [0, 0.1) is 0 Å². The number of carbonyl (C=O) groups excluding carboxylic acids is 2. The topological polar surface area (TPSA) is 104 Å². The smallest absolute Gasteiger partial charge is 0.255 e. The van der Waals surface area contributed by atoms with Gasteiger partial charge in [-0.2, -0.15) is 0 Å². The van der Waals surface area contributed by atoms with Crippen LogP contribution in [0.25, 0.3) is 11.0 Å². The van der Waals surface area contributed by atoms with Crippen molar-refractivity contribution in [1.82, 2.24) is 0 Å². The Morgan fingerprint density at radius 3 is 2.54 bits per heavy atom. The number of rotatable bonds is 7. The van der Waals surface area contributed by atoms with Gasteiger partial charge in [0.15, 0.2) is 6.61 Å². The summed E-state index contributed by atoms with van der Waals surface area (Å²) in [7, 11) is 1.59. The standard InChI is InChI=1S/C19H18N2O5/c1-24-15-6-7-16-12(10-26-17(16)9-15)8-19(23)21-13-2-4-14(5-3-13)25-11-18(20)22/h2-7,9-10H,8,11H2,1H3,(H2,20,22)(H,21,23). The first-order valence-electron chi connectivity index (χ1n) is 7.90. The second kappa shape index (κ2) is 7.60. The van der Waals surface area contributed by atoms with Gasteiger partial charge in [-0.05, 0) is 36.4 Å². The monoisotopic (exact) mass is 354 g/mol. The van der Waals surface area contributed by atoms with Crippen LogP contribution in [0.4, 0.5) is 5.69 Å². The van der Waals surface area contributed by atoms with E-state index in [1.54, 1.807) is 43.7 Å². The maximum absolute atomic E-state index is 12.3. The average molecular weight is 354 g/mol. The largest absolute Gasteiger partial charge is 0.497 e. The van der Waals surface area contributed by atoms with Gasteiger partial charge in [-0.25, -0.2) is 0 Å². The van der Waals surface area contributed by atoms with Crippen molar-refractivity contribution < 1.29 is 23.5 Å². The molecular formula is C19H18N2O5. The summed E-state index contributed by atoms with van der Waals surface area (Å²) in [6.45, 7) is -0.190. The van der Waals surface area contributed by atoms with E-state index >= 15 is 0 Å². The maximum atomic E-state index is 12.3. The minimum Gasteiger partial charge on any atom is -0.497 e. The highest BCUT2D eigenvalue weighted by Gasteiger charge is 2.11. The van der Waals surface area contributed by atoms with Gasteiger partial charge in [0.25, 0.3) is 5.91 Å². The van der Waals surface area contributed by atoms with Crippen molar-refractivity contribution >= 4 is 28.5 Å². The van der Waals surface area contributed by atoms with Gasteiger partial charge in [0.2, 0.25) is 5.91 Å². The van der Waals surface area contributed by atoms with Crippen LogP contribution < -0.4 is 20.5 Å². The van der Waals surface area contributed by atoms with Gasteiger partial charge in [0.1, 0.15) is 17.1 Å². The molecular weight excluding hydrogens is 336 g/mol. The maximum Gasteiger partial charge on any atom is 0.255 e. The minimum absolute atomic E-state index is 0.172. The van der Waals surface area contributed by atoms with Gasteiger partial charge in [-0.3, -0.25) is 9.59 Å². The highest BCUT2D eigenvalue weighted by Crippen LogP contribution is 2.26. The Labute approximate surface area is 149 Å². The SMILES string of the molecule is COc1ccc2c(CC(=O)Nc3ccc(OCC(N)=O)cc3)coc2c1. The number of anilines is 1. The van der Waals surface area contributed by atoms with Gasteiger partial charge >= 0.3 is 0 Å². The zero-order valence-electron chi connectivity index (χ0n) is 14.2. The Balaban J connectivity index is 1.63. The number of carbonyl (C=O) groups is 2. The van der Waals surface area contributed by atoms with Crippen molar-refractivity contribution in [1.29, 1.82) is 0 Å². The number of hydrogen-bond acceptors (Lipinski definition) is 5. The molecule has 0 aliphatic heterocycles. The van der Waals surface area contributed by atoms with Crippen LogP contribution in [-0.4, -0.2) is 25.5 Å². The summed E-state index contributed by atoms with van der Waals surface area (Å²) in [5.41, 5.74) is 7.10. The first-order valence-corrected chi connectivity index (χ1v) is 7.90. The predicted molar refractivity (Wildman–Crippen MR) is 96.2 cm³/mol. The van der Waals surface area contributed by atoms with Gasteiger partial charge in [-0.15, -0.1) is 0 Å². The number of benzene rings is 2. The number of nitrogens with two attached hydrogens (primary N) is 1. The van der Waals surface area contributed by atoms with Crippen LogP contribution in [0.3, 0.4) is 0 Å². The Hall–Kier alpha value is -3.48. The third-order valence-electron chi connectivity index (χ3n) is 3.73. The molecule has 7 heteroatoms. The van der Waals surface area contributed by atoms with E-state index in [1.165, 1.54) is 0 Å². The molecule has 0 atom stereocenters. The molecule has 2 amide bonds. The number of nitrogens with one attached hydrogen (secondary N) is 1. The lowest BCUT2D eigenvalue weighted by Crippen LogP contribution is -2.20. The molecule has 3 aromatic rings. The van der Waals surface area contributed by atoms with E-state index in [4.69, 9.17) is 19.6 Å². The third kappa shape index (κ3) is 4.13. The molecule has 0 spiro atoms. The van der Waals surface area contributed by atoms with E-state index in [2.05, 4.69) is 5.32 Å². The molecule has 0 unspecified atom stereocenters. The molecule has 3 rings (SSSR count). The van der Waals surface area contributed by atoms with Gasteiger partial charge in [-0.1, -0.05) is 0 Å². The Kier molecular flexibility index (Phi) is 5.07. The van der Waals surface area contributed by atoms with E-state index in [-0.39, 0.29) is 18.9 Å². The molecule has 0 aliphatic rings. The summed E-state index contributed by atoms with van der Waals surface area (Å²) in [4.78, 5) is 23.0. The Bertz CT molecular complexity index is 931. The molecule has 0 radical (unpaired) electrons. The van der Waals surface area contributed by atoms with Crippen LogP contribution >= 0.6 is 0 Å². The number of furan rings is 1. The zero-order chi connectivity index (χ0) is 18.5. The van der Waals surface area contributed by atoms with Crippen molar-refractivity contribution in [3.63, 3.8) is 0 Å². The van der Waals surface area contributed by atoms with Crippen LogP contribution in [-0.2, 0) is 16.0 Å². The molecule has 0 saturated carbocycles. The first-order chi connectivity index (χ1) is 12.5. The number of methoxy groups -OCH3 is 1. The van der Waals surface area contributed by atoms with Crippen molar-refractivity contribution in [2.45, 2.75) is 6.42 Å². The van der Waals surface area contributed by atoms with Gasteiger partial charge < -0.3 is 24.9 Å². The van der Waals surface area contributed by atoms with E-state index in [0.717, 1.165) is 10.9 Å². The van der Waals surface area contributed by atoms with Crippen LogP contribution in [0.15, 0.2) is 53.1 Å². The van der Waals surface area contributed by atoms with Crippen molar-refractivity contribution in [3.8, 4) is 11.5 Å². The second-order valence-electron chi connectivity index (χ2n) is 5.63. The van der Waals surface area contributed by atoms with Crippen molar-refractivity contribution in [3.05, 3.63) is 54.3 Å². The van der Waals surface area contributed by atoms with Gasteiger partial charge in [0.05, 0.1) is 19.8 Å². The number of hydrogen-bond donors (Lipinski definition) is 2. The fourth-order valence-electron chi connectivity index (χ4n) is 2.49. The van der Waals surface area contributed by atoms with Gasteiger partial charge in [0, 0.05) is 22.7 Å². The normalized spacial score (nSPS) is 10.5. The van der Waals surface area contributed by atoms with E-state index in [1.807, 2.05) is 12.1 Å². The van der Waals surface area contributed by atoms with Crippen molar-refractivity contribution in [2.24, 2.45) is 5.73 Å². The Morgan fingerprint density at radius 2 is 1.85 bits per heavy atom. The molecule has 26 heavy (non-hydrogen) atoms. The molecule has 1 aromatic heterocycles. The fourth-order valence-corrected chi connectivity index (χ4v) is 2.49. The first kappa shape index (κ1) is 17.3. The molecule has 3 N–H and O–H groups in total. The number of primary amides is 1. The Morgan fingerprint density at radius 1 is 1.12 bits per heavy atom. The lowest BCUT2D eigenvalue weighted by molar-refractivity contribution is -0.120. The highest BCUT2D eigenvalue weighted by atomic mass is 16.5. The zero-order valence-corrected chi connectivity index (χ0v) is 14.2. The lowest BCUT2D eigenvalue weighted by Gasteiger charge is -2.07. The van der Waals surface area contributed by atoms with Crippen LogP contribution in [0.1, 0.15) is 5.56 Å². The van der Waals surface area contributed by atoms with Crippen molar-refractivity contribution in [2.75, 3.05) is 19.0 Å². The summed E-state index contributed by atoms with van der Waals surface area (Å²) in [6.07, 6.45) is 1.75. The van der Waals surface area contributed by atoms with Crippen LogP contribution in [0.5, 0.6) is 11.5 Å². The quantitative estimate of drug-likeness (QED) is 0.678. The van der Waals surface area contributed by atoms with E-state index in [0.29, 0.717) is 22.8 Å². The number of ether oxygens (including phenoxy) is 2. The minimum atomic E-state index is -0.549. The summed E-state index contributed by atoms with van der Waals surface area (Å²) in [5.74, 6) is 0.472. The fraction of sp³-hybridized carbons (Fsp3) is 0.158.